The summed E-state index contributed by atoms with van der Waals surface area (Å²) < 4.78 is 0. The second-order valence-corrected chi connectivity index (χ2v) is 0.925. The molecule has 0 aromatic carbocycles. The van der Waals surface area contributed by atoms with E-state index < -0.39 is 0 Å². The van der Waals surface area contributed by atoms with Crippen LogP contribution >= 0.6 is 0 Å². The molecule has 0 spiro atoms. The molecule has 36 valence electrons. The van der Waals surface area contributed by atoms with Crippen molar-refractivity contribution in [3.63, 3.8) is 0 Å². The van der Waals surface area contributed by atoms with Crippen molar-refractivity contribution in [2.45, 2.75) is 6.92 Å². The first kappa shape index (κ1) is 5.92. The molecule has 0 aliphatic rings. The van der Waals surface area contributed by atoms with E-state index in [2.05, 4.69) is 23.2 Å². The molecule has 0 radical (unpaired) electrons. The van der Waals surface area contributed by atoms with Crippen molar-refractivity contribution in [2.75, 3.05) is 6.54 Å². The lowest BCUT2D eigenvalue weighted by molar-refractivity contribution is 0.953. The normalized spacial score (nSPS) is 5.14. The fraction of sp³-hybridized carbons (Fsp3) is 0.333. The molecule has 0 fully saturated rings. The van der Waals surface area contributed by atoms with Gasteiger partial charge in [0.1, 0.15) is 0 Å². The van der Waals surface area contributed by atoms with Crippen LogP contribution in [0.4, 0.5) is 0 Å². The van der Waals surface area contributed by atoms with Crippen LogP contribution in [0.3, 0.4) is 0 Å². The van der Waals surface area contributed by atoms with Crippen molar-refractivity contribution in [3.05, 3.63) is 0 Å². The van der Waals surface area contributed by atoms with Crippen molar-refractivity contribution in [1.82, 2.24) is 5.32 Å². The van der Waals surface area contributed by atoms with E-state index >= 15 is 0 Å². The van der Waals surface area contributed by atoms with E-state index in [-0.39, 0.29) is 0 Å². The molecule has 0 heterocycles. The van der Waals surface area contributed by atoms with Crippen LogP contribution in [0.5, 0.6) is 0 Å². The van der Waals surface area contributed by atoms with Crippen molar-refractivity contribution in [2.24, 2.45) is 0 Å². The average Bonchev–Trinajstić information content (AvgIpc) is 1.69. The molecule has 0 bridgehead atoms. The summed E-state index contributed by atoms with van der Waals surface area (Å²) in [5, 5.41) is 2.75. The van der Waals surface area contributed by atoms with E-state index in [9.17, 15) is 0 Å². The van der Waals surface area contributed by atoms with E-state index in [1.165, 1.54) is 0 Å². The van der Waals surface area contributed by atoms with E-state index in [4.69, 9.17) is 6.42 Å². The van der Waals surface area contributed by atoms with Gasteiger partial charge in [-0.25, -0.2) is 0 Å². The van der Waals surface area contributed by atoms with Crippen LogP contribution in [0, 0.1) is 24.3 Å². The van der Waals surface area contributed by atoms with Gasteiger partial charge in [-0.1, -0.05) is 0 Å². The molecule has 1 heteroatoms. The van der Waals surface area contributed by atoms with Crippen molar-refractivity contribution >= 4 is 0 Å². The van der Waals surface area contributed by atoms with Gasteiger partial charge >= 0.3 is 0 Å². The highest BCUT2D eigenvalue weighted by Crippen LogP contribution is 1.46. The molecule has 1 nitrogen and oxygen atoms in total. The Morgan fingerprint density at radius 2 is 2.43 bits per heavy atom. The molecule has 1 N–H and O–H groups in total. The predicted molar refractivity (Wildman–Crippen MR) is 30.3 cm³/mol. The molecule has 0 saturated heterocycles. The molecule has 0 aromatic heterocycles. The summed E-state index contributed by atoms with van der Waals surface area (Å²) in [6, 6.07) is 2.55. The number of hydrogen-bond donors (Lipinski definition) is 1. The second-order valence-electron chi connectivity index (χ2n) is 0.925. The third kappa shape index (κ3) is 4.92. The van der Waals surface area contributed by atoms with Gasteiger partial charge in [0.2, 0.25) is 0 Å². The molecular formula is C6H7N. The van der Waals surface area contributed by atoms with Crippen LogP contribution in [0.2, 0.25) is 0 Å². The quantitative estimate of drug-likeness (QED) is 0.360. The van der Waals surface area contributed by atoms with Gasteiger partial charge in [0.15, 0.2) is 0 Å². The minimum atomic E-state index is 0.842. The fourth-order valence-electron chi connectivity index (χ4n) is 0.169. The summed E-state index contributed by atoms with van der Waals surface area (Å²) in [7, 11) is 0. The van der Waals surface area contributed by atoms with E-state index in [0.29, 0.717) is 0 Å². The second kappa shape index (κ2) is 4.92. The maximum absolute atomic E-state index is 4.81. The molecule has 0 rings (SSSR count). The maximum atomic E-state index is 4.81. The Morgan fingerprint density at radius 1 is 1.71 bits per heavy atom. The molecule has 0 aliphatic carbocycles. The monoisotopic (exact) mass is 93.1 g/mol. The van der Waals surface area contributed by atoms with Crippen molar-refractivity contribution in [1.29, 1.82) is 0 Å². The summed E-state index contributed by atoms with van der Waals surface area (Å²) in [6.45, 7) is 2.81. The van der Waals surface area contributed by atoms with Crippen LogP contribution < -0.4 is 5.32 Å². The van der Waals surface area contributed by atoms with Crippen molar-refractivity contribution < 1.29 is 0 Å². The summed E-state index contributed by atoms with van der Waals surface area (Å²) in [6.07, 6.45) is 4.81. The van der Waals surface area contributed by atoms with Gasteiger partial charge in [-0.05, 0) is 12.8 Å². The molecule has 0 amide bonds. The first-order chi connectivity index (χ1) is 3.41. The van der Waals surface area contributed by atoms with Gasteiger partial charge in [-0.3, -0.25) is 0 Å². The Hall–Kier alpha value is -1.08. The smallest absolute Gasteiger partial charge is 0.0201 e. The van der Waals surface area contributed by atoms with E-state index in [1.807, 2.05) is 6.92 Å². The third-order valence-corrected chi connectivity index (χ3v) is 0.400. The Balaban J connectivity index is 3.13. The van der Waals surface area contributed by atoms with Gasteiger partial charge in [0, 0.05) is 18.5 Å². The Morgan fingerprint density at radius 3 is 2.86 bits per heavy atom. The summed E-state index contributed by atoms with van der Waals surface area (Å²) in [5.41, 5.74) is 0. The van der Waals surface area contributed by atoms with Crippen molar-refractivity contribution in [3.8, 4) is 24.3 Å². The van der Waals surface area contributed by atoms with Crippen LogP contribution in [0.15, 0.2) is 0 Å². The minimum Gasteiger partial charge on any atom is -0.345 e. The zero-order chi connectivity index (χ0) is 5.54. The molecule has 0 atom stereocenters. The minimum absolute atomic E-state index is 0.842. The van der Waals surface area contributed by atoms with Gasteiger partial charge in [-0.2, -0.15) is 0 Å². The highest BCUT2D eigenvalue weighted by molar-refractivity contribution is 5.20. The van der Waals surface area contributed by atoms with Crippen LogP contribution in [-0.2, 0) is 0 Å². The Bertz CT molecular complexity index is 119. The number of terminal acetylenes is 1. The maximum Gasteiger partial charge on any atom is 0.0201 e. The van der Waals surface area contributed by atoms with Crippen LogP contribution in [0.1, 0.15) is 6.92 Å². The lowest BCUT2D eigenvalue weighted by Gasteiger charge is -1.80. The predicted octanol–water partition coefficient (Wildman–Crippen LogP) is 0.190. The lowest BCUT2D eigenvalue weighted by Crippen LogP contribution is -2.01. The number of rotatable bonds is 1. The fourth-order valence-corrected chi connectivity index (χ4v) is 0.169. The van der Waals surface area contributed by atoms with Gasteiger partial charge < -0.3 is 5.32 Å². The topological polar surface area (TPSA) is 12.0 Å². The summed E-state index contributed by atoms with van der Waals surface area (Å²) in [5.74, 6) is 4.59. The largest absolute Gasteiger partial charge is 0.345 e. The first-order valence-corrected chi connectivity index (χ1v) is 2.10. The van der Waals surface area contributed by atoms with Gasteiger partial charge in [-0.15, -0.1) is 6.42 Å². The molecule has 7 heavy (non-hydrogen) atoms. The average molecular weight is 93.1 g/mol. The lowest BCUT2D eigenvalue weighted by atomic mass is 10.7. The molecule has 0 aromatic rings. The van der Waals surface area contributed by atoms with Gasteiger partial charge in [0.05, 0.1) is 0 Å². The molecule has 0 saturated carbocycles. The summed E-state index contributed by atoms with van der Waals surface area (Å²) >= 11 is 0. The highest BCUT2D eigenvalue weighted by Gasteiger charge is 1.58. The zero-order valence-electron chi connectivity index (χ0n) is 4.28. The summed E-state index contributed by atoms with van der Waals surface area (Å²) in [4.78, 5) is 0. The molecule has 0 aliphatic heterocycles. The highest BCUT2D eigenvalue weighted by atomic mass is 14.8. The number of nitrogens with one attached hydrogen (secondary N) is 1. The van der Waals surface area contributed by atoms with Crippen LogP contribution in [0.25, 0.3) is 0 Å². The zero-order valence-corrected chi connectivity index (χ0v) is 4.28. The number of hydrogen-bond acceptors (Lipinski definition) is 1. The standard InChI is InChI=1S/C6H7N/c1-3-5-6-7-4-2/h1,7H,4H2,2H3. The first-order valence-electron chi connectivity index (χ1n) is 2.10. The van der Waals surface area contributed by atoms with E-state index in [0.717, 1.165) is 6.54 Å². The van der Waals surface area contributed by atoms with Crippen LogP contribution in [-0.4, -0.2) is 6.54 Å². The third-order valence-electron chi connectivity index (χ3n) is 0.400. The molecule has 0 unspecified atom stereocenters. The van der Waals surface area contributed by atoms with Gasteiger partial charge in [0.25, 0.3) is 0 Å². The SMILES string of the molecule is C#CC#CNCC. The molecular weight excluding hydrogens is 86.1 g/mol. The Kier molecular flexibility index (Phi) is 4.16. The van der Waals surface area contributed by atoms with E-state index in [1.54, 1.807) is 0 Å². The Labute approximate surface area is 44.1 Å².